The van der Waals surface area contributed by atoms with Gasteiger partial charge < -0.3 is 31.2 Å². The van der Waals surface area contributed by atoms with Crippen LogP contribution in [0, 0.1) is 0 Å². The Kier molecular flexibility index (Phi) is 4.48. The first-order chi connectivity index (χ1) is 11.4. The zero-order valence-electron chi connectivity index (χ0n) is 13.1. The predicted octanol–water partition coefficient (Wildman–Crippen LogP) is -1.09. The number of para-hydroxylation sites is 1. The molecule has 1 aromatic carbocycles. The molecule has 1 saturated heterocycles. The molecule has 1 fully saturated rings. The molecule has 2 heterocycles. The van der Waals surface area contributed by atoms with Gasteiger partial charge in [0.05, 0.1) is 17.0 Å². The van der Waals surface area contributed by atoms with Crippen LogP contribution in [0.2, 0.25) is 0 Å². The molecule has 3 rings (SSSR count). The van der Waals surface area contributed by atoms with Gasteiger partial charge in [-0.1, -0.05) is 12.1 Å². The van der Waals surface area contributed by atoms with Gasteiger partial charge in [0, 0.05) is 0 Å². The maximum absolute atomic E-state index is 12.5. The van der Waals surface area contributed by atoms with Gasteiger partial charge in [-0.2, -0.15) is 0 Å². The van der Waals surface area contributed by atoms with Crippen molar-refractivity contribution in [3.05, 3.63) is 29.3 Å². The Bertz CT molecular complexity index is 663. The third kappa shape index (κ3) is 3.10. The first-order valence-corrected chi connectivity index (χ1v) is 7.91. The molecule has 0 aliphatic carbocycles. The number of hydrogen-bond donors (Lipinski definition) is 5. The Labute approximate surface area is 139 Å². The van der Waals surface area contributed by atoms with Gasteiger partial charge in [0.25, 0.3) is 0 Å². The Morgan fingerprint density at radius 3 is 2.75 bits per heavy atom. The second-order valence-electron chi connectivity index (χ2n) is 6.30. The minimum atomic E-state index is -1.33. The lowest BCUT2D eigenvalue weighted by Crippen LogP contribution is -2.63. The van der Waals surface area contributed by atoms with Crippen LogP contribution >= 0.6 is 0 Å². The Balaban J connectivity index is 1.76. The number of carboxylic acid groups (broad SMARTS) is 1. The number of fused-ring (bicyclic) bond motifs is 1. The van der Waals surface area contributed by atoms with Crippen LogP contribution < -0.4 is 21.0 Å². The number of aromatic carboxylic acids is 1. The van der Waals surface area contributed by atoms with Crippen LogP contribution in [0.25, 0.3) is 0 Å². The summed E-state index contributed by atoms with van der Waals surface area (Å²) in [6.45, 7) is 1.33. The van der Waals surface area contributed by atoms with Crippen molar-refractivity contribution in [2.45, 2.75) is 30.7 Å². The van der Waals surface area contributed by atoms with Gasteiger partial charge in [-0.05, 0) is 44.0 Å². The molecule has 0 spiro atoms. The predicted molar refractivity (Wildman–Crippen MR) is 86.7 cm³/mol. The third-order valence-corrected chi connectivity index (χ3v) is 4.61. The molecule has 8 nitrogen and oxygen atoms in total. The number of nitrogens with one attached hydrogen (secondary N) is 2. The zero-order chi connectivity index (χ0) is 17.3. The number of amides is 1. The standard InChI is InChI=1S/C15H20BN3O5/c17-15(4-6-18-7-5-15)14(22)19-11-8-9-2-1-3-10(13(20)21)12(9)24-16(11)23/h1-3,11,18,23H,4-8,17H2,(H,19,22)(H,20,21). The summed E-state index contributed by atoms with van der Waals surface area (Å²) in [5.41, 5.74) is 5.82. The molecule has 6 N–H and O–H groups in total. The molecule has 1 aromatic rings. The highest BCUT2D eigenvalue weighted by Gasteiger charge is 2.42. The van der Waals surface area contributed by atoms with Crippen LogP contribution in [0.3, 0.4) is 0 Å². The molecule has 2 aliphatic heterocycles. The summed E-state index contributed by atoms with van der Waals surface area (Å²) >= 11 is 0. The normalized spacial score (nSPS) is 22.2. The maximum atomic E-state index is 12.5. The van der Waals surface area contributed by atoms with Crippen molar-refractivity contribution in [2.24, 2.45) is 5.73 Å². The Morgan fingerprint density at radius 1 is 1.38 bits per heavy atom. The number of carboxylic acids is 1. The molecule has 9 heteroatoms. The Morgan fingerprint density at radius 2 is 2.08 bits per heavy atom. The van der Waals surface area contributed by atoms with Gasteiger partial charge in [-0.15, -0.1) is 0 Å². The minimum Gasteiger partial charge on any atom is -0.534 e. The molecule has 1 unspecified atom stereocenters. The van der Waals surface area contributed by atoms with Gasteiger partial charge in [-0.3, -0.25) is 4.79 Å². The van der Waals surface area contributed by atoms with Crippen molar-refractivity contribution < 1.29 is 24.4 Å². The number of rotatable bonds is 3. The fraction of sp³-hybridized carbons (Fsp3) is 0.467. The molecule has 1 atom stereocenters. The van der Waals surface area contributed by atoms with E-state index < -0.39 is 24.6 Å². The monoisotopic (exact) mass is 333 g/mol. The maximum Gasteiger partial charge on any atom is 0.547 e. The quantitative estimate of drug-likeness (QED) is 0.444. The zero-order valence-corrected chi connectivity index (χ0v) is 13.1. The number of nitrogens with two attached hydrogens (primary N) is 1. The molecule has 1 amide bonds. The largest absolute Gasteiger partial charge is 0.547 e. The van der Waals surface area contributed by atoms with Crippen LogP contribution in [-0.4, -0.2) is 53.7 Å². The van der Waals surface area contributed by atoms with Crippen LogP contribution in [-0.2, 0) is 11.2 Å². The number of hydrogen-bond acceptors (Lipinski definition) is 6. The van der Waals surface area contributed by atoms with E-state index in [0.717, 1.165) is 0 Å². The van der Waals surface area contributed by atoms with Crippen molar-refractivity contribution in [3.8, 4) is 5.75 Å². The van der Waals surface area contributed by atoms with Gasteiger partial charge >= 0.3 is 13.1 Å². The van der Waals surface area contributed by atoms with E-state index in [-0.39, 0.29) is 23.6 Å². The molecule has 24 heavy (non-hydrogen) atoms. The lowest BCUT2D eigenvalue weighted by molar-refractivity contribution is -0.127. The first-order valence-electron chi connectivity index (χ1n) is 7.91. The van der Waals surface area contributed by atoms with E-state index in [1.807, 2.05) is 0 Å². The van der Waals surface area contributed by atoms with Gasteiger partial charge in [-0.25, -0.2) is 4.79 Å². The minimum absolute atomic E-state index is 0.00928. The van der Waals surface area contributed by atoms with E-state index in [1.165, 1.54) is 6.07 Å². The van der Waals surface area contributed by atoms with Gasteiger partial charge in [0.15, 0.2) is 0 Å². The molecule has 0 bridgehead atoms. The summed E-state index contributed by atoms with van der Waals surface area (Å²) in [6.07, 6.45) is 1.31. The molecule has 128 valence electrons. The molecule has 0 aromatic heterocycles. The SMILES string of the molecule is NC1(C(=O)NC2Cc3cccc(C(=O)O)c3OB2O)CCNCC1. The molecule has 0 radical (unpaired) electrons. The van der Waals surface area contributed by atoms with Crippen molar-refractivity contribution in [3.63, 3.8) is 0 Å². The van der Waals surface area contributed by atoms with Crippen LogP contribution in [0.5, 0.6) is 5.75 Å². The van der Waals surface area contributed by atoms with Crippen molar-refractivity contribution in [2.75, 3.05) is 13.1 Å². The highest BCUT2D eigenvalue weighted by Crippen LogP contribution is 2.30. The van der Waals surface area contributed by atoms with Crippen molar-refractivity contribution >= 4 is 19.0 Å². The number of carbonyl (C=O) groups is 2. The van der Waals surface area contributed by atoms with Crippen molar-refractivity contribution in [1.29, 1.82) is 0 Å². The summed E-state index contributed by atoms with van der Waals surface area (Å²) in [7, 11) is -1.33. The van der Waals surface area contributed by atoms with E-state index in [4.69, 9.17) is 10.4 Å². The highest BCUT2D eigenvalue weighted by atomic mass is 16.5. The highest BCUT2D eigenvalue weighted by molar-refractivity contribution is 6.47. The van der Waals surface area contributed by atoms with E-state index in [9.17, 15) is 19.7 Å². The van der Waals surface area contributed by atoms with Crippen LogP contribution in [0.4, 0.5) is 0 Å². The van der Waals surface area contributed by atoms with E-state index in [1.54, 1.807) is 12.1 Å². The smallest absolute Gasteiger partial charge is 0.534 e. The average Bonchev–Trinajstić information content (AvgIpc) is 2.55. The summed E-state index contributed by atoms with van der Waals surface area (Å²) in [5.74, 6) is -1.98. The second-order valence-corrected chi connectivity index (χ2v) is 6.30. The molecule has 2 aliphatic rings. The fourth-order valence-corrected chi connectivity index (χ4v) is 3.13. The molecular formula is C15H20BN3O5. The summed E-state index contributed by atoms with van der Waals surface area (Å²) in [6, 6.07) is 4.74. The van der Waals surface area contributed by atoms with Gasteiger partial charge in [0.1, 0.15) is 5.75 Å². The van der Waals surface area contributed by atoms with Crippen molar-refractivity contribution in [1.82, 2.24) is 10.6 Å². The Hall–Kier alpha value is -2.10. The topological polar surface area (TPSA) is 134 Å². The van der Waals surface area contributed by atoms with Crippen LogP contribution in [0.15, 0.2) is 18.2 Å². The van der Waals surface area contributed by atoms with Gasteiger partial charge in [0.2, 0.25) is 5.91 Å². The van der Waals surface area contributed by atoms with E-state index in [0.29, 0.717) is 31.5 Å². The first kappa shape index (κ1) is 16.8. The lowest BCUT2D eigenvalue weighted by Gasteiger charge is -2.35. The van der Waals surface area contributed by atoms with Crippen LogP contribution in [0.1, 0.15) is 28.8 Å². The summed E-state index contributed by atoms with van der Waals surface area (Å²) in [4.78, 5) is 23.7. The summed E-state index contributed by atoms with van der Waals surface area (Å²) in [5, 5.41) is 25.3. The van der Waals surface area contributed by atoms with E-state index in [2.05, 4.69) is 10.6 Å². The van der Waals surface area contributed by atoms with E-state index >= 15 is 0 Å². The number of piperidine rings is 1. The average molecular weight is 333 g/mol. The third-order valence-electron chi connectivity index (χ3n) is 4.61. The lowest BCUT2D eigenvalue weighted by atomic mass is 9.71. The summed E-state index contributed by atoms with van der Waals surface area (Å²) < 4.78 is 5.36. The second kappa shape index (κ2) is 6.42. The fourth-order valence-electron chi connectivity index (χ4n) is 3.13. The molecule has 0 saturated carbocycles. The number of carbonyl (C=O) groups excluding carboxylic acids is 1. The number of benzene rings is 1. The molecular weight excluding hydrogens is 313 g/mol.